The summed E-state index contributed by atoms with van der Waals surface area (Å²) in [5, 5.41) is 0. The molecule has 0 fully saturated rings. The first kappa shape index (κ1) is 14.2. The lowest BCUT2D eigenvalue weighted by atomic mass is 9.99. The Hall–Kier alpha value is -1.26. The molecule has 1 unspecified atom stereocenters. The van der Waals surface area contributed by atoms with Crippen LogP contribution in [0.4, 0.5) is 0 Å². The normalized spacial score (nSPS) is 15.3. The largest absolute Gasteiger partial charge is 0.486 e. The summed E-state index contributed by atoms with van der Waals surface area (Å²) in [6.07, 6.45) is 5.98. The van der Waals surface area contributed by atoms with Crippen LogP contribution in [0.5, 0.6) is 11.5 Å². The van der Waals surface area contributed by atoms with Gasteiger partial charge in [0, 0.05) is 11.6 Å². The molecule has 0 bridgehead atoms. The van der Waals surface area contributed by atoms with Gasteiger partial charge >= 0.3 is 0 Å². The fraction of sp³-hybridized carbons (Fsp3) is 0.600. The zero-order valence-corrected chi connectivity index (χ0v) is 11.7. The van der Waals surface area contributed by atoms with Crippen LogP contribution in [0, 0.1) is 0 Å². The first-order chi connectivity index (χ1) is 9.36. The van der Waals surface area contributed by atoms with Crippen LogP contribution in [0.1, 0.15) is 50.6 Å². The lowest BCUT2D eigenvalue weighted by Crippen LogP contribution is -2.29. The van der Waals surface area contributed by atoms with Gasteiger partial charge in [0.2, 0.25) is 0 Å². The van der Waals surface area contributed by atoms with E-state index in [0.29, 0.717) is 13.2 Å². The van der Waals surface area contributed by atoms with Gasteiger partial charge in [-0.1, -0.05) is 44.7 Å². The van der Waals surface area contributed by atoms with Crippen molar-refractivity contribution in [2.24, 2.45) is 5.84 Å². The predicted molar refractivity (Wildman–Crippen MR) is 76.3 cm³/mol. The number of benzene rings is 1. The number of rotatable bonds is 7. The number of nitrogens with one attached hydrogen (secondary N) is 1. The second-order valence-electron chi connectivity index (χ2n) is 4.94. The molecule has 0 amide bonds. The van der Waals surface area contributed by atoms with Crippen molar-refractivity contribution in [3.63, 3.8) is 0 Å². The summed E-state index contributed by atoms with van der Waals surface area (Å²) < 4.78 is 11.4. The lowest BCUT2D eigenvalue weighted by molar-refractivity contribution is 0.168. The summed E-state index contributed by atoms with van der Waals surface area (Å²) in [5.41, 5.74) is 4.02. The van der Waals surface area contributed by atoms with E-state index in [1.54, 1.807) is 0 Å². The molecule has 0 saturated carbocycles. The van der Waals surface area contributed by atoms with Gasteiger partial charge in [0.1, 0.15) is 13.2 Å². The molecule has 1 atom stereocenters. The van der Waals surface area contributed by atoms with Gasteiger partial charge in [-0.15, -0.1) is 0 Å². The highest BCUT2D eigenvalue weighted by Crippen LogP contribution is 2.38. The molecule has 1 aliphatic rings. The van der Waals surface area contributed by atoms with E-state index in [-0.39, 0.29) is 6.04 Å². The Balaban J connectivity index is 2.05. The molecule has 19 heavy (non-hydrogen) atoms. The Labute approximate surface area is 115 Å². The second-order valence-corrected chi connectivity index (χ2v) is 4.94. The molecule has 4 heteroatoms. The van der Waals surface area contributed by atoms with Gasteiger partial charge in [-0.25, -0.2) is 0 Å². The van der Waals surface area contributed by atoms with E-state index < -0.39 is 0 Å². The van der Waals surface area contributed by atoms with Gasteiger partial charge in [-0.05, 0) is 12.5 Å². The molecule has 0 aliphatic carbocycles. The number of hydrogen-bond acceptors (Lipinski definition) is 4. The Kier molecular flexibility index (Phi) is 5.48. The number of nitrogens with two attached hydrogens (primary N) is 1. The third-order valence-electron chi connectivity index (χ3n) is 3.52. The van der Waals surface area contributed by atoms with Crippen molar-refractivity contribution in [2.75, 3.05) is 13.2 Å². The van der Waals surface area contributed by atoms with Crippen LogP contribution in [0.15, 0.2) is 18.2 Å². The van der Waals surface area contributed by atoms with Crippen molar-refractivity contribution in [1.29, 1.82) is 0 Å². The zero-order valence-electron chi connectivity index (χ0n) is 11.7. The molecular weight excluding hydrogens is 240 g/mol. The molecule has 0 aromatic heterocycles. The maximum Gasteiger partial charge on any atom is 0.166 e. The van der Waals surface area contributed by atoms with E-state index in [0.717, 1.165) is 23.5 Å². The minimum Gasteiger partial charge on any atom is -0.486 e. The van der Waals surface area contributed by atoms with Crippen LogP contribution in [-0.2, 0) is 0 Å². The molecule has 4 nitrogen and oxygen atoms in total. The van der Waals surface area contributed by atoms with E-state index in [1.807, 2.05) is 12.1 Å². The van der Waals surface area contributed by atoms with Crippen molar-refractivity contribution in [3.8, 4) is 11.5 Å². The molecule has 1 aromatic carbocycles. The summed E-state index contributed by atoms with van der Waals surface area (Å²) in [4.78, 5) is 0. The maximum absolute atomic E-state index is 5.74. The quantitative estimate of drug-likeness (QED) is 0.451. The highest BCUT2D eigenvalue weighted by molar-refractivity contribution is 5.48. The summed E-state index contributed by atoms with van der Waals surface area (Å²) in [6.45, 7) is 3.45. The van der Waals surface area contributed by atoms with E-state index in [2.05, 4.69) is 18.4 Å². The Morgan fingerprint density at radius 2 is 2.05 bits per heavy atom. The molecule has 0 saturated heterocycles. The van der Waals surface area contributed by atoms with Gasteiger partial charge in [0.15, 0.2) is 11.5 Å². The van der Waals surface area contributed by atoms with Crippen LogP contribution < -0.4 is 20.7 Å². The van der Waals surface area contributed by atoms with Gasteiger partial charge in [-0.2, -0.15) is 0 Å². The lowest BCUT2D eigenvalue weighted by Gasteiger charge is -2.25. The first-order valence-electron chi connectivity index (χ1n) is 7.21. The van der Waals surface area contributed by atoms with Crippen LogP contribution in [0.3, 0.4) is 0 Å². The van der Waals surface area contributed by atoms with Crippen LogP contribution in [0.2, 0.25) is 0 Å². The Morgan fingerprint density at radius 3 is 2.84 bits per heavy atom. The number of fused-ring (bicyclic) bond motifs is 1. The average Bonchev–Trinajstić information content (AvgIpc) is 2.47. The minimum absolute atomic E-state index is 0.133. The van der Waals surface area contributed by atoms with E-state index >= 15 is 0 Å². The summed E-state index contributed by atoms with van der Waals surface area (Å²) in [7, 11) is 0. The zero-order chi connectivity index (χ0) is 13.5. The monoisotopic (exact) mass is 264 g/mol. The number of ether oxygens (including phenoxy) is 2. The number of para-hydroxylation sites is 1. The summed E-state index contributed by atoms with van der Waals surface area (Å²) in [5.74, 6) is 7.39. The maximum atomic E-state index is 5.74. The van der Waals surface area contributed by atoms with E-state index in [9.17, 15) is 0 Å². The number of unbranched alkanes of at least 4 members (excludes halogenated alkanes) is 3. The third-order valence-corrected chi connectivity index (χ3v) is 3.52. The molecule has 1 aliphatic heterocycles. The third kappa shape index (κ3) is 3.61. The number of hydrogen-bond donors (Lipinski definition) is 2. The van der Waals surface area contributed by atoms with Crippen LogP contribution in [-0.4, -0.2) is 13.2 Å². The Bertz CT molecular complexity index is 396. The van der Waals surface area contributed by atoms with Crippen LogP contribution in [0.25, 0.3) is 0 Å². The minimum atomic E-state index is 0.133. The van der Waals surface area contributed by atoms with Crippen LogP contribution >= 0.6 is 0 Å². The highest BCUT2D eigenvalue weighted by Gasteiger charge is 2.20. The highest BCUT2D eigenvalue weighted by atomic mass is 16.6. The van der Waals surface area contributed by atoms with Gasteiger partial charge < -0.3 is 9.47 Å². The van der Waals surface area contributed by atoms with Crippen molar-refractivity contribution in [3.05, 3.63) is 23.8 Å². The molecule has 1 heterocycles. The molecule has 1 aromatic rings. The van der Waals surface area contributed by atoms with Crippen molar-refractivity contribution >= 4 is 0 Å². The van der Waals surface area contributed by atoms with E-state index in [1.165, 1.54) is 25.7 Å². The first-order valence-corrected chi connectivity index (χ1v) is 7.21. The predicted octanol–water partition coefficient (Wildman–Crippen LogP) is 2.93. The second kappa shape index (κ2) is 7.36. The van der Waals surface area contributed by atoms with Gasteiger partial charge in [0.25, 0.3) is 0 Å². The topological polar surface area (TPSA) is 56.5 Å². The Morgan fingerprint density at radius 1 is 1.21 bits per heavy atom. The molecule has 0 spiro atoms. The van der Waals surface area contributed by atoms with Crippen molar-refractivity contribution < 1.29 is 9.47 Å². The molecule has 106 valence electrons. The SMILES string of the molecule is CCCCCCC(NN)c1cccc2c1OCCO2. The smallest absolute Gasteiger partial charge is 0.166 e. The van der Waals surface area contributed by atoms with Crippen molar-refractivity contribution in [2.45, 2.75) is 45.1 Å². The van der Waals surface area contributed by atoms with E-state index in [4.69, 9.17) is 15.3 Å². The fourth-order valence-electron chi connectivity index (χ4n) is 2.47. The van der Waals surface area contributed by atoms with Gasteiger partial charge in [0.05, 0.1) is 0 Å². The molecular formula is C15H24N2O2. The average molecular weight is 264 g/mol. The molecule has 0 radical (unpaired) electrons. The summed E-state index contributed by atoms with van der Waals surface area (Å²) in [6, 6.07) is 6.15. The molecule has 2 rings (SSSR count). The molecule has 3 N–H and O–H groups in total. The summed E-state index contributed by atoms with van der Waals surface area (Å²) >= 11 is 0. The fourth-order valence-corrected chi connectivity index (χ4v) is 2.47. The van der Waals surface area contributed by atoms with Crippen molar-refractivity contribution in [1.82, 2.24) is 5.43 Å². The van der Waals surface area contributed by atoms with Gasteiger partial charge in [-0.3, -0.25) is 11.3 Å². The standard InChI is InChI=1S/C15H24N2O2/c1-2-3-4-5-8-13(17-16)12-7-6-9-14-15(12)19-11-10-18-14/h6-7,9,13,17H,2-5,8,10-11,16H2,1H3. The number of hydrazine groups is 1.